The van der Waals surface area contributed by atoms with Gasteiger partial charge in [-0.25, -0.2) is 0 Å². The van der Waals surface area contributed by atoms with Gasteiger partial charge in [-0.3, -0.25) is 4.79 Å². The van der Waals surface area contributed by atoms with Gasteiger partial charge in [-0.2, -0.15) is 0 Å². The number of rotatable bonds is 3. The lowest BCUT2D eigenvalue weighted by Crippen LogP contribution is -2.34. The van der Waals surface area contributed by atoms with Gasteiger partial charge in [0.05, 0.1) is 18.0 Å². The van der Waals surface area contributed by atoms with Crippen LogP contribution in [0.15, 0.2) is 12.1 Å². The van der Waals surface area contributed by atoms with Crippen molar-refractivity contribution in [1.82, 2.24) is 4.90 Å². The molecule has 3 nitrogen and oxygen atoms in total. The highest BCUT2D eigenvalue weighted by Gasteiger charge is 2.18. The maximum absolute atomic E-state index is 11.7. The Morgan fingerprint density at radius 2 is 2.28 bits per heavy atom. The molecule has 2 rings (SSSR count). The highest BCUT2D eigenvalue weighted by Crippen LogP contribution is 2.20. The summed E-state index contributed by atoms with van der Waals surface area (Å²) in [5.74, 6) is 6.19. The van der Waals surface area contributed by atoms with Gasteiger partial charge in [-0.1, -0.05) is 11.8 Å². The highest BCUT2D eigenvalue weighted by molar-refractivity contribution is 7.12. The van der Waals surface area contributed by atoms with Crippen LogP contribution in [0.25, 0.3) is 0 Å². The fourth-order valence-corrected chi connectivity index (χ4v) is 2.85. The first-order valence-electron chi connectivity index (χ1n) is 6.26. The fraction of sp³-hybridized carbons (Fsp3) is 0.500. The van der Waals surface area contributed by atoms with E-state index in [2.05, 4.69) is 11.8 Å². The second-order valence-electron chi connectivity index (χ2n) is 4.31. The Labute approximate surface area is 111 Å². The summed E-state index contributed by atoms with van der Waals surface area (Å²) in [5, 5.41) is 8.65. The van der Waals surface area contributed by atoms with Crippen LogP contribution in [0.4, 0.5) is 0 Å². The molecule has 0 spiro atoms. The SMILES string of the molecule is O=C1CCCCN1Cc1ccc(C#CCCO)s1. The number of aliphatic hydroxyl groups excluding tert-OH is 1. The summed E-state index contributed by atoms with van der Waals surface area (Å²) in [5.41, 5.74) is 0. The first kappa shape index (κ1) is 13.1. The number of hydrogen-bond acceptors (Lipinski definition) is 3. The predicted octanol–water partition coefficient (Wildman–Crippen LogP) is 1.99. The van der Waals surface area contributed by atoms with E-state index in [-0.39, 0.29) is 12.5 Å². The summed E-state index contributed by atoms with van der Waals surface area (Å²) < 4.78 is 0. The van der Waals surface area contributed by atoms with E-state index in [4.69, 9.17) is 5.11 Å². The lowest BCUT2D eigenvalue weighted by molar-refractivity contribution is -0.133. The summed E-state index contributed by atoms with van der Waals surface area (Å²) in [6.07, 6.45) is 3.34. The van der Waals surface area contributed by atoms with Crippen molar-refractivity contribution in [3.8, 4) is 11.8 Å². The molecule has 18 heavy (non-hydrogen) atoms. The quantitative estimate of drug-likeness (QED) is 0.847. The molecule has 0 saturated carbocycles. The van der Waals surface area contributed by atoms with Crippen molar-refractivity contribution in [3.05, 3.63) is 21.9 Å². The number of aliphatic hydroxyl groups is 1. The maximum atomic E-state index is 11.7. The third-order valence-electron chi connectivity index (χ3n) is 2.88. The van der Waals surface area contributed by atoms with Crippen molar-refractivity contribution in [2.45, 2.75) is 32.2 Å². The van der Waals surface area contributed by atoms with Gasteiger partial charge in [-0.05, 0) is 25.0 Å². The van der Waals surface area contributed by atoms with E-state index < -0.39 is 0 Å². The molecule has 1 aromatic rings. The number of nitrogens with zero attached hydrogens (tertiary/aromatic N) is 1. The van der Waals surface area contributed by atoms with Crippen molar-refractivity contribution < 1.29 is 9.90 Å². The minimum atomic E-state index is 0.105. The van der Waals surface area contributed by atoms with Gasteiger partial charge < -0.3 is 10.0 Å². The molecule has 0 atom stereocenters. The van der Waals surface area contributed by atoms with Crippen LogP contribution < -0.4 is 0 Å². The lowest BCUT2D eigenvalue weighted by Gasteiger charge is -2.26. The van der Waals surface area contributed by atoms with E-state index in [0.717, 1.165) is 24.3 Å². The summed E-state index contributed by atoms with van der Waals surface area (Å²) in [4.78, 5) is 15.8. The van der Waals surface area contributed by atoms with Crippen LogP contribution in [0, 0.1) is 11.8 Å². The second-order valence-corrected chi connectivity index (χ2v) is 5.48. The molecule has 1 fully saturated rings. The molecule has 0 radical (unpaired) electrons. The number of carbonyl (C=O) groups excluding carboxylic acids is 1. The number of likely N-dealkylation sites (tertiary alicyclic amines) is 1. The van der Waals surface area contributed by atoms with Crippen LogP contribution in [-0.4, -0.2) is 29.1 Å². The number of piperidine rings is 1. The third kappa shape index (κ3) is 3.59. The molecule has 96 valence electrons. The van der Waals surface area contributed by atoms with Crippen LogP contribution in [0.3, 0.4) is 0 Å². The van der Waals surface area contributed by atoms with Crippen LogP contribution in [-0.2, 0) is 11.3 Å². The van der Waals surface area contributed by atoms with Gasteiger partial charge >= 0.3 is 0 Å². The van der Waals surface area contributed by atoms with Crippen LogP contribution in [0.2, 0.25) is 0 Å². The number of amides is 1. The van der Waals surface area contributed by atoms with Crippen molar-refractivity contribution >= 4 is 17.2 Å². The number of carbonyl (C=O) groups is 1. The monoisotopic (exact) mass is 263 g/mol. The Hall–Kier alpha value is -1.31. The first-order valence-corrected chi connectivity index (χ1v) is 7.07. The third-order valence-corrected chi connectivity index (χ3v) is 3.86. The van der Waals surface area contributed by atoms with Gasteiger partial charge in [0, 0.05) is 24.3 Å². The number of hydrogen-bond donors (Lipinski definition) is 1. The Morgan fingerprint density at radius 1 is 1.39 bits per heavy atom. The van der Waals surface area contributed by atoms with Crippen LogP contribution in [0.5, 0.6) is 0 Å². The molecular weight excluding hydrogens is 246 g/mol. The molecule has 1 aliphatic heterocycles. The molecule has 2 heterocycles. The second kappa shape index (κ2) is 6.58. The molecule has 1 amide bonds. The van der Waals surface area contributed by atoms with Gasteiger partial charge in [0.15, 0.2) is 0 Å². The zero-order valence-electron chi connectivity index (χ0n) is 10.3. The Morgan fingerprint density at radius 3 is 3.06 bits per heavy atom. The maximum Gasteiger partial charge on any atom is 0.222 e. The van der Waals surface area contributed by atoms with E-state index in [0.29, 0.717) is 19.4 Å². The molecule has 1 aliphatic rings. The first-order chi connectivity index (χ1) is 8.79. The zero-order valence-corrected chi connectivity index (χ0v) is 11.1. The van der Waals surface area contributed by atoms with Gasteiger partial charge in [0.2, 0.25) is 5.91 Å². The average molecular weight is 263 g/mol. The average Bonchev–Trinajstić information content (AvgIpc) is 2.80. The molecule has 4 heteroatoms. The summed E-state index contributed by atoms with van der Waals surface area (Å²) in [7, 11) is 0. The van der Waals surface area contributed by atoms with E-state index in [1.807, 2.05) is 17.0 Å². The minimum absolute atomic E-state index is 0.105. The lowest BCUT2D eigenvalue weighted by atomic mass is 10.1. The fourth-order valence-electron chi connectivity index (χ4n) is 1.95. The largest absolute Gasteiger partial charge is 0.395 e. The summed E-state index contributed by atoms with van der Waals surface area (Å²) >= 11 is 1.63. The Balaban J connectivity index is 1.94. The van der Waals surface area contributed by atoms with Crippen molar-refractivity contribution in [1.29, 1.82) is 0 Å². The topological polar surface area (TPSA) is 40.5 Å². The van der Waals surface area contributed by atoms with Crippen molar-refractivity contribution in [3.63, 3.8) is 0 Å². The summed E-state index contributed by atoms with van der Waals surface area (Å²) in [6, 6.07) is 4.02. The minimum Gasteiger partial charge on any atom is -0.395 e. The van der Waals surface area contributed by atoms with E-state index in [1.165, 1.54) is 4.88 Å². The normalized spacial score (nSPS) is 15.4. The zero-order chi connectivity index (χ0) is 12.8. The molecule has 0 unspecified atom stereocenters. The van der Waals surface area contributed by atoms with Crippen LogP contribution in [0.1, 0.15) is 35.4 Å². The van der Waals surface area contributed by atoms with E-state index in [1.54, 1.807) is 11.3 Å². The van der Waals surface area contributed by atoms with E-state index in [9.17, 15) is 4.79 Å². The van der Waals surface area contributed by atoms with Gasteiger partial charge in [0.1, 0.15) is 0 Å². The number of thiophene rings is 1. The van der Waals surface area contributed by atoms with Gasteiger partial charge in [0.25, 0.3) is 0 Å². The Kier molecular flexibility index (Phi) is 4.80. The van der Waals surface area contributed by atoms with Crippen molar-refractivity contribution in [2.24, 2.45) is 0 Å². The molecule has 0 aliphatic carbocycles. The predicted molar refractivity (Wildman–Crippen MR) is 72.2 cm³/mol. The van der Waals surface area contributed by atoms with Crippen molar-refractivity contribution in [2.75, 3.05) is 13.2 Å². The molecule has 1 N–H and O–H groups in total. The summed E-state index contributed by atoms with van der Waals surface area (Å²) in [6.45, 7) is 1.70. The molecule has 0 aromatic carbocycles. The molecule has 1 aromatic heterocycles. The van der Waals surface area contributed by atoms with E-state index >= 15 is 0 Å². The standard InChI is InChI=1S/C14H17NO2S/c16-10-4-2-5-12-7-8-13(18-12)11-15-9-3-1-6-14(15)17/h7-8,16H,1,3-4,6,9-11H2. The molecule has 1 saturated heterocycles. The van der Waals surface area contributed by atoms with Crippen LogP contribution >= 0.6 is 11.3 Å². The molecular formula is C14H17NO2S. The smallest absolute Gasteiger partial charge is 0.222 e. The van der Waals surface area contributed by atoms with Gasteiger partial charge in [-0.15, -0.1) is 11.3 Å². The Bertz CT molecular complexity index is 470. The molecule has 0 bridgehead atoms. The highest BCUT2D eigenvalue weighted by atomic mass is 32.1.